The number of anilines is 1. The van der Waals surface area contributed by atoms with Crippen molar-refractivity contribution in [3.8, 4) is 0 Å². The maximum atomic E-state index is 11.9. The van der Waals surface area contributed by atoms with Gasteiger partial charge in [-0.25, -0.2) is 4.79 Å². The van der Waals surface area contributed by atoms with Crippen molar-refractivity contribution in [1.82, 2.24) is 0 Å². The average Bonchev–Trinajstić information content (AvgIpc) is 2.55. The first-order chi connectivity index (χ1) is 10.3. The van der Waals surface area contributed by atoms with E-state index >= 15 is 0 Å². The van der Waals surface area contributed by atoms with Crippen LogP contribution in [0.15, 0.2) is 48.5 Å². The zero-order valence-electron chi connectivity index (χ0n) is 12.1. The van der Waals surface area contributed by atoms with E-state index in [-0.39, 0.29) is 12.0 Å². The molecule has 0 bridgehead atoms. The highest BCUT2D eigenvalue weighted by atomic mass is 16.5. The van der Waals surface area contributed by atoms with Gasteiger partial charge in [-0.2, -0.15) is 0 Å². The van der Waals surface area contributed by atoms with E-state index < -0.39 is 0 Å². The minimum atomic E-state index is -0.304. The van der Waals surface area contributed by atoms with Gasteiger partial charge < -0.3 is 10.1 Å². The summed E-state index contributed by atoms with van der Waals surface area (Å²) < 4.78 is 4.86. The van der Waals surface area contributed by atoms with Crippen molar-refractivity contribution in [1.29, 1.82) is 0 Å². The molecular weight excluding hydrogens is 262 g/mol. The van der Waals surface area contributed by atoms with Crippen LogP contribution in [0.5, 0.6) is 0 Å². The summed E-state index contributed by atoms with van der Waals surface area (Å²) in [6, 6.07) is 16.3. The molecule has 2 aromatic carbocycles. The Morgan fingerprint density at radius 2 is 1.90 bits per heavy atom. The van der Waals surface area contributed by atoms with Gasteiger partial charge in [0.1, 0.15) is 0 Å². The molecule has 0 radical (unpaired) electrons. The van der Waals surface area contributed by atoms with Crippen molar-refractivity contribution in [2.24, 2.45) is 0 Å². The number of hydrogen-bond acceptors (Lipinski definition) is 3. The Morgan fingerprint density at radius 3 is 2.76 bits per heavy atom. The predicted octanol–water partition coefficient (Wildman–Crippen LogP) is 3.96. The maximum Gasteiger partial charge on any atom is 0.339 e. The summed E-state index contributed by atoms with van der Waals surface area (Å²) in [4.78, 5) is 11.9. The number of nitrogens with one attached hydrogen (secondary N) is 1. The Hall–Kier alpha value is -2.29. The fourth-order valence-electron chi connectivity index (χ4n) is 2.99. The minimum Gasteiger partial charge on any atom is -0.465 e. The third-order valence-corrected chi connectivity index (χ3v) is 4.03. The lowest BCUT2D eigenvalue weighted by Crippen LogP contribution is -2.19. The largest absolute Gasteiger partial charge is 0.465 e. The lowest BCUT2D eigenvalue weighted by Gasteiger charge is -2.27. The number of rotatable bonds is 3. The maximum absolute atomic E-state index is 11.9. The van der Waals surface area contributed by atoms with Gasteiger partial charge in [-0.15, -0.1) is 0 Å². The highest BCUT2D eigenvalue weighted by molar-refractivity contribution is 5.95. The molecule has 0 spiro atoms. The fraction of sp³-hybridized carbons (Fsp3) is 0.278. The van der Waals surface area contributed by atoms with Crippen LogP contribution in [0, 0.1) is 0 Å². The molecular formula is C18H19NO2. The van der Waals surface area contributed by atoms with Gasteiger partial charge in [0.25, 0.3) is 0 Å². The lowest BCUT2D eigenvalue weighted by molar-refractivity contribution is 0.0602. The van der Waals surface area contributed by atoms with Crippen molar-refractivity contribution in [2.75, 3.05) is 12.4 Å². The molecule has 3 heteroatoms. The molecule has 0 heterocycles. The SMILES string of the molecule is COC(=O)c1ccccc1NC1CCCc2ccccc21. The molecule has 1 N–H and O–H groups in total. The second kappa shape index (κ2) is 6.00. The summed E-state index contributed by atoms with van der Waals surface area (Å²) in [6.45, 7) is 0. The topological polar surface area (TPSA) is 38.3 Å². The molecule has 21 heavy (non-hydrogen) atoms. The quantitative estimate of drug-likeness (QED) is 0.865. The van der Waals surface area contributed by atoms with Gasteiger partial charge in [0, 0.05) is 5.69 Å². The van der Waals surface area contributed by atoms with Gasteiger partial charge in [0.05, 0.1) is 18.7 Å². The summed E-state index contributed by atoms with van der Waals surface area (Å²) in [5, 5.41) is 3.52. The van der Waals surface area contributed by atoms with Crippen LogP contribution >= 0.6 is 0 Å². The summed E-state index contributed by atoms with van der Waals surface area (Å²) in [5.74, 6) is -0.304. The molecule has 0 saturated heterocycles. The molecule has 1 aliphatic rings. The molecule has 3 nitrogen and oxygen atoms in total. The lowest BCUT2D eigenvalue weighted by atomic mass is 9.87. The van der Waals surface area contributed by atoms with Crippen LogP contribution in [0.2, 0.25) is 0 Å². The Bertz CT molecular complexity index is 651. The van der Waals surface area contributed by atoms with Crippen LogP contribution in [0.1, 0.15) is 40.4 Å². The van der Waals surface area contributed by atoms with E-state index in [1.165, 1.54) is 18.2 Å². The molecule has 1 unspecified atom stereocenters. The number of aryl methyl sites for hydroxylation is 1. The molecule has 2 aromatic rings. The summed E-state index contributed by atoms with van der Waals surface area (Å²) >= 11 is 0. The molecule has 0 aliphatic heterocycles. The molecule has 0 aromatic heterocycles. The molecule has 0 fully saturated rings. The molecule has 0 saturated carbocycles. The van der Waals surface area contributed by atoms with Crippen molar-refractivity contribution in [2.45, 2.75) is 25.3 Å². The van der Waals surface area contributed by atoms with Gasteiger partial charge in [0.2, 0.25) is 0 Å². The van der Waals surface area contributed by atoms with Gasteiger partial charge >= 0.3 is 5.97 Å². The molecule has 0 amide bonds. The van der Waals surface area contributed by atoms with E-state index in [4.69, 9.17) is 4.74 Å². The minimum absolute atomic E-state index is 0.251. The van der Waals surface area contributed by atoms with Crippen molar-refractivity contribution in [3.63, 3.8) is 0 Å². The van der Waals surface area contributed by atoms with Gasteiger partial charge in [0.15, 0.2) is 0 Å². The third-order valence-electron chi connectivity index (χ3n) is 4.03. The van der Waals surface area contributed by atoms with E-state index in [2.05, 4.69) is 29.6 Å². The number of hydrogen-bond donors (Lipinski definition) is 1. The predicted molar refractivity (Wildman–Crippen MR) is 83.5 cm³/mol. The van der Waals surface area contributed by atoms with Crippen LogP contribution < -0.4 is 5.32 Å². The standard InChI is InChI=1S/C18H19NO2/c1-21-18(20)15-10-4-5-11-17(15)19-16-12-6-8-13-7-2-3-9-14(13)16/h2-5,7,9-11,16,19H,6,8,12H2,1H3. The Morgan fingerprint density at radius 1 is 1.14 bits per heavy atom. The first-order valence-corrected chi connectivity index (χ1v) is 7.31. The van der Waals surface area contributed by atoms with Gasteiger partial charge in [-0.3, -0.25) is 0 Å². The third kappa shape index (κ3) is 2.77. The van der Waals surface area contributed by atoms with E-state index in [1.807, 2.05) is 18.2 Å². The van der Waals surface area contributed by atoms with E-state index in [0.29, 0.717) is 5.56 Å². The zero-order valence-corrected chi connectivity index (χ0v) is 12.1. The van der Waals surface area contributed by atoms with Gasteiger partial charge in [-0.1, -0.05) is 36.4 Å². The number of methoxy groups -OCH3 is 1. The van der Waals surface area contributed by atoms with E-state index in [0.717, 1.165) is 24.9 Å². The molecule has 3 rings (SSSR count). The second-order valence-electron chi connectivity index (χ2n) is 5.33. The average molecular weight is 281 g/mol. The molecule has 108 valence electrons. The zero-order chi connectivity index (χ0) is 14.7. The Kier molecular flexibility index (Phi) is 3.91. The van der Waals surface area contributed by atoms with Crippen molar-refractivity contribution in [3.05, 3.63) is 65.2 Å². The Balaban J connectivity index is 1.90. The molecule has 1 atom stereocenters. The first kappa shape index (κ1) is 13.7. The summed E-state index contributed by atoms with van der Waals surface area (Å²) in [6.07, 6.45) is 3.37. The van der Waals surface area contributed by atoms with Gasteiger partial charge in [-0.05, 0) is 42.5 Å². The number of para-hydroxylation sites is 1. The smallest absolute Gasteiger partial charge is 0.339 e. The van der Waals surface area contributed by atoms with Crippen LogP contribution in [0.25, 0.3) is 0 Å². The monoisotopic (exact) mass is 281 g/mol. The van der Waals surface area contributed by atoms with Crippen LogP contribution in [0.3, 0.4) is 0 Å². The van der Waals surface area contributed by atoms with Crippen LogP contribution in [-0.4, -0.2) is 13.1 Å². The fourth-order valence-corrected chi connectivity index (χ4v) is 2.99. The number of benzene rings is 2. The van der Waals surface area contributed by atoms with Crippen LogP contribution in [-0.2, 0) is 11.2 Å². The summed E-state index contributed by atoms with van der Waals surface area (Å²) in [7, 11) is 1.41. The van der Waals surface area contributed by atoms with Crippen molar-refractivity contribution >= 4 is 11.7 Å². The van der Waals surface area contributed by atoms with E-state index in [1.54, 1.807) is 6.07 Å². The number of esters is 1. The second-order valence-corrected chi connectivity index (χ2v) is 5.33. The molecule has 1 aliphatic carbocycles. The van der Waals surface area contributed by atoms with Crippen LogP contribution in [0.4, 0.5) is 5.69 Å². The summed E-state index contributed by atoms with van der Waals surface area (Å²) in [5.41, 5.74) is 4.16. The normalized spacial score (nSPS) is 16.9. The van der Waals surface area contributed by atoms with E-state index in [9.17, 15) is 4.79 Å². The number of carbonyl (C=O) groups excluding carboxylic acids is 1. The highest BCUT2D eigenvalue weighted by Gasteiger charge is 2.21. The van der Waals surface area contributed by atoms with Crippen molar-refractivity contribution < 1.29 is 9.53 Å². The number of ether oxygens (including phenoxy) is 1. The number of carbonyl (C=O) groups is 1. The number of fused-ring (bicyclic) bond motifs is 1. The Labute approximate surface area is 124 Å². The first-order valence-electron chi connectivity index (χ1n) is 7.31. The highest BCUT2D eigenvalue weighted by Crippen LogP contribution is 2.33.